The number of likely N-dealkylation sites (tertiary alicyclic amines) is 1. The molecule has 9 heteroatoms. The van der Waals surface area contributed by atoms with Gasteiger partial charge in [-0.2, -0.15) is 5.10 Å². The van der Waals surface area contributed by atoms with Crippen molar-refractivity contribution in [3.8, 4) is 0 Å². The van der Waals surface area contributed by atoms with Gasteiger partial charge < -0.3 is 4.90 Å². The molecule has 1 amide bonds. The number of carbonyl (C=O) groups is 1. The highest BCUT2D eigenvalue weighted by atomic mass is 79.9. The third-order valence-corrected chi connectivity index (χ3v) is 7.18. The quantitative estimate of drug-likeness (QED) is 0.627. The van der Waals surface area contributed by atoms with E-state index in [1.54, 1.807) is 48.5 Å². The maximum absolute atomic E-state index is 13.3. The molecule has 7 nitrogen and oxygen atoms in total. The van der Waals surface area contributed by atoms with Gasteiger partial charge in [0.15, 0.2) is 0 Å². The zero-order valence-corrected chi connectivity index (χ0v) is 19.4. The Morgan fingerprint density at radius 1 is 1.17 bits per heavy atom. The number of rotatable bonds is 6. The van der Waals surface area contributed by atoms with Crippen LogP contribution in [0.15, 0.2) is 63.0 Å². The van der Waals surface area contributed by atoms with Crippen molar-refractivity contribution in [1.82, 2.24) is 10.3 Å². The standard InChI is InChI=1S/C21H25BrN4O3S/c1-16-6-8-20(9-7-16)30(28,29)26(19-5-3-4-17(22)14-19)15-21(27)24-23-18-10-12-25(2)13-11-18/h3-9,14H,10-13,15H2,1-2H3,(H,24,27). The van der Waals surface area contributed by atoms with Crippen LogP contribution < -0.4 is 9.73 Å². The number of sulfonamides is 1. The lowest BCUT2D eigenvalue weighted by atomic mass is 10.1. The number of amides is 1. The molecule has 1 fully saturated rings. The lowest BCUT2D eigenvalue weighted by Crippen LogP contribution is -2.40. The molecule has 0 radical (unpaired) electrons. The summed E-state index contributed by atoms with van der Waals surface area (Å²) < 4.78 is 28.5. The molecule has 0 atom stereocenters. The zero-order valence-electron chi connectivity index (χ0n) is 17.0. The van der Waals surface area contributed by atoms with Gasteiger partial charge in [0.2, 0.25) is 0 Å². The van der Waals surface area contributed by atoms with E-state index in [0.717, 1.165) is 46.0 Å². The first-order valence-corrected chi connectivity index (χ1v) is 11.9. The van der Waals surface area contributed by atoms with Gasteiger partial charge in [-0.1, -0.05) is 39.7 Å². The first-order chi connectivity index (χ1) is 14.3. The van der Waals surface area contributed by atoms with Crippen LogP contribution >= 0.6 is 15.9 Å². The van der Waals surface area contributed by atoms with E-state index in [9.17, 15) is 13.2 Å². The molecule has 1 N–H and O–H groups in total. The predicted octanol–water partition coefficient (Wildman–Crippen LogP) is 3.15. The summed E-state index contributed by atoms with van der Waals surface area (Å²) in [5, 5.41) is 4.21. The molecule has 0 bridgehead atoms. The minimum Gasteiger partial charge on any atom is -0.306 e. The van der Waals surface area contributed by atoms with Crippen molar-refractivity contribution < 1.29 is 13.2 Å². The summed E-state index contributed by atoms with van der Waals surface area (Å²) in [5.41, 5.74) is 4.79. The van der Waals surface area contributed by atoms with Gasteiger partial charge in [0.05, 0.1) is 10.6 Å². The molecule has 1 aliphatic rings. The number of piperidine rings is 1. The molecule has 30 heavy (non-hydrogen) atoms. The van der Waals surface area contributed by atoms with E-state index in [4.69, 9.17) is 0 Å². The second-order valence-corrected chi connectivity index (χ2v) is 10.1. The molecular weight excluding hydrogens is 468 g/mol. The summed E-state index contributed by atoms with van der Waals surface area (Å²) in [6, 6.07) is 13.4. The van der Waals surface area contributed by atoms with E-state index < -0.39 is 15.9 Å². The number of hydrazone groups is 1. The highest BCUT2D eigenvalue weighted by Gasteiger charge is 2.27. The molecule has 2 aromatic rings. The van der Waals surface area contributed by atoms with Crippen molar-refractivity contribution in [1.29, 1.82) is 0 Å². The Morgan fingerprint density at radius 3 is 2.47 bits per heavy atom. The number of anilines is 1. The van der Waals surface area contributed by atoms with Crippen molar-refractivity contribution in [2.45, 2.75) is 24.7 Å². The molecule has 0 aromatic heterocycles. The van der Waals surface area contributed by atoms with Gasteiger partial charge in [-0.3, -0.25) is 9.10 Å². The van der Waals surface area contributed by atoms with Crippen LogP contribution in [0.3, 0.4) is 0 Å². The van der Waals surface area contributed by atoms with E-state index in [-0.39, 0.29) is 11.4 Å². The minimum absolute atomic E-state index is 0.127. The lowest BCUT2D eigenvalue weighted by Gasteiger charge is -2.25. The van der Waals surface area contributed by atoms with Crippen LogP contribution in [0.25, 0.3) is 0 Å². The zero-order chi connectivity index (χ0) is 21.7. The van der Waals surface area contributed by atoms with Crippen LogP contribution in [-0.4, -0.2) is 51.6 Å². The number of benzene rings is 2. The molecule has 0 unspecified atom stereocenters. The SMILES string of the molecule is Cc1ccc(S(=O)(=O)N(CC(=O)NN=C2CCN(C)CC2)c2cccc(Br)c2)cc1. The molecule has 2 aromatic carbocycles. The molecule has 0 spiro atoms. The van der Waals surface area contributed by atoms with Gasteiger partial charge in [0.1, 0.15) is 6.54 Å². The topological polar surface area (TPSA) is 82.1 Å². The Morgan fingerprint density at radius 2 is 1.83 bits per heavy atom. The summed E-state index contributed by atoms with van der Waals surface area (Å²) in [7, 11) is -1.89. The van der Waals surface area contributed by atoms with Gasteiger partial charge in [0.25, 0.3) is 15.9 Å². The maximum atomic E-state index is 13.3. The van der Waals surface area contributed by atoms with Crippen LogP contribution in [-0.2, 0) is 14.8 Å². The summed E-state index contributed by atoms with van der Waals surface area (Å²) in [6.07, 6.45) is 1.57. The first kappa shape index (κ1) is 22.5. The summed E-state index contributed by atoms with van der Waals surface area (Å²) in [4.78, 5) is 14.9. The lowest BCUT2D eigenvalue weighted by molar-refractivity contribution is -0.119. The fraction of sp³-hybridized carbons (Fsp3) is 0.333. The molecule has 1 saturated heterocycles. The third-order valence-electron chi connectivity index (χ3n) is 4.90. The van der Waals surface area contributed by atoms with Crippen molar-refractivity contribution in [3.05, 3.63) is 58.6 Å². The van der Waals surface area contributed by atoms with Crippen molar-refractivity contribution in [2.24, 2.45) is 5.10 Å². The van der Waals surface area contributed by atoms with E-state index in [2.05, 4.69) is 31.4 Å². The van der Waals surface area contributed by atoms with Crippen LogP contribution in [0.2, 0.25) is 0 Å². The highest BCUT2D eigenvalue weighted by Crippen LogP contribution is 2.26. The van der Waals surface area contributed by atoms with Gasteiger partial charge in [-0.25, -0.2) is 13.8 Å². The Bertz CT molecular complexity index is 1030. The molecule has 3 rings (SSSR count). The molecular formula is C21H25BrN4O3S. The van der Waals surface area contributed by atoms with Crippen molar-refractivity contribution >= 4 is 43.3 Å². The number of hydrogen-bond donors (Lipinski definition) is 1. The van der Waals surface area contributed by atoms with Crippen LogP contribution in [0.1, 0.15) is 18.4 Å². The smallest absolute Gasteiger partial charge is 0.264 e. The first-order valence-electron chi connectivity index (χ1n) is 9.63. The Kier molecular flexibility index (Phi) is 7.27. The highest BCUT2D eigenvalue weighted by molar-refractivity contribution is 9.10. The molecule has 160 valence electrons. The number of nitrogens with zero attached hydrogens (tertiary/aromatic N) is 3. The largest absolute Gasteiger partial charge is 0.306 e. The second kappa shape index (κ2) is 9.72. The second-order valence-electron chi connectivity index (χ2n) is 7.32. The average Bonchev–Trinajstić information content (AvgIpc) is 2.72. The van der Waals surface area contributed by atoms with Crippen molar-refractivity contribution in [3.63, 3.8) is 0 Å². The third kappa shape index (κ3) is 5.68. The van der Waals surface area contributed by atoms with E-state index in [1.165, 1.54) is 0 Å². The fourth-order valence-electron chi connectivity index (χ4n) is 3.08. The summed E-state index contributed by atoms with van der Waals surface area (Å²) in [5.74, 6) is -0.489. The van der Waals surface area contributed by atoms with Crippen LogP contribution in [0.4, 0.5) is 5.69 Å². The average molecular weight is 493 g/mol. The van der Waals surface area contributed by atoms with Gasteiger partial charge >= 0.3 is 0 Å². The number of hydrogen-bond acceptors (Lipinski definition) is 5. The Balaban J connectivity index is 1.84. The molecule has 0 saturated carbocycles. The number of aryl methyl sites for hydroxylation is 1. The molecule has 1 heterocycles. The van der Waals surface area contributed by atoms with Crippen LogP contribution in [0.5, 0.6) is 0 Å². The predicted molar refractivity (Wildman–Crippen MR) is 122 cm³/mol. The van der Waals surface area contributed by atoms with E-state index in [0.29, 0.717) is 5.69 Å². The summed E-state index contributed by atoms with van der Waals surface area (Å²) in [6.45, 7) is 3.29. The van der Waals surface area contributed by atoms with Crippen molar-refractivity contribution in [2.75, 3.05) is 31.0 Å². The van der Waals surface area contributed by atoms with Gasteiger partial charge in [-0.05, 0) is 44.3 Å². The molecule has 1 aliphatic heterocycles. The van der Waals surface area contributed by atoms with E-state index >= 15 is 0 Å². The molecule has 0 aliphatic carbocycles. The normalized spacial score (nSPS) is 15.0. The maximum Gasteiger partial charge on any atom is 0.264 e. The number of halogens is 1. The number of carbonyl (C=O) groups excluding carboxylic acids is 1. The van der Waals surface area contributed by atoms with Gasteiger partial charge in [0, 0.05) is 36.1 Å². The Hall–Kier alpha value is -2.23. The van der Waals surface area contributed by atoms with E-state index in [1.807, 2.05) is 14.0 Å². The Labute approximate surface area is 185 Å². The monoisotopic (exact) mass is 492 g/mol. The van der Waals surface area contributed by atoms with Crippen LogP contribution in [0, 0.1) is 6.92 Å². The summed E-state index contributed by atoms with van der Waals surface area (Å²) >= 11 is 3.37. The minimum atomic E-state index is -3.94. The fourth-order valence-corrected chi connectivity index (χ4v) is 4.88. The number of nitrogens with one attached hydrogen (secondary N) is 1. The van der Waals surface area contributed by atoms with Gasteiger partial charge in [-0.15, -0.1) is 0 Å².